The molecule has 2 fully saturated rings. The van der Waals surface area contributed by atoms with Crippen molar-refractivity contribution in [3.63, 3.8) is 0 Å². The summed E-state index contributed by atoms with van der Waals surface area (Å²) in [6.45, 7) is 0.0768. The number of nitrogens with one attached hydrogen (secondary N) is 1. The molecule has 1 saturated carbocycles. The minimum atomic E-state index is -4.01. The first-order valence-electron chi connectivity index (χ1n) is 10.3. The lowest BCUT2D eigenvalue weighted by Gasteiger charge is -2.35. The number of benzene rings is 1. The van der Waals surface area contributed by atoms with Gasteiger partial charge in [-0.2, -0.15) is 4.31 Å². The number of likely N-dealkylation sites (N-methyl/N-ethyl adjacent to an activating group) is 1. The Morgan fingerprint density at radius 3 is 2.67 bits per heavy atom. The molecule has 10 heteroatoms. The van der Waals surface area contributed by atoms with Crippen molar-refractivity contribution in [2.75, 3.05) is 25.5 Å². The van der Waals surface area contributed by atoms with E-state index < -0.39 is 16.1 Å². The van der Waals surface area contributed by atoms with Crippen LogP contribution in [-0.2, 0) is 19.6 Å². The summed E-state index contributed by atoms with van der Waals surface area (Å²) in [6, 6.07) is 2.15. The quantitative estimate of drug-likeness (QED) is 0.752. The fraction of sp³-hybridized carbons (Fsp3) is 0.600. The number of halogens is 1. The molecule has 8 nitrogen and oxygen atoms in total. The van der Waals surface area contributed by atoms with Gasteiger partial charge in [0.1, 0.15) is 16.7 Å². The van der Waals surface area contributed by atoms with E-state index in [1.165, 1.54) is 22.9 Å². The molecule has 30 heavy (non-hydrogen) atoms. The second-order valence-electron chi connectivity index (χ2n) is 8.13. The van der Waals surface area contributed by atoms with Crippen molar-refractivity contribution < 1.29 is 22.7 Å². The number of fused-ring (bicyclic) bond motifs is 1. The maximum Gasteiger partial charge on any atom is 0.262 e. The third-order valence-corrected chi connectivity index (χ3v) is 8.59. The lowest BCUT2D eigenvalue weighted by Crippen LogP contribution is -2.49. The molecule has 0 unspecified atom stereocenters. The Hall–Kier alpha value is -1.84. The highest BCUT2D eigenvalue weighted by Crippen LogP contribution is 2.38. The van der Waals surface area contributed by atoms with Gasteiger partial charge >= 0.3 is 0 Å². The highest BCUT2D eigenvalue weighted by Gasteiger charge is 2.42. The van der Waals surface area contributed by atoms with Crippen LogP contribution in [0, 0.1) is 0 Å². The maximum atomic E-state index is 13.4. The molecule has 1 N–H and O–H groups in total. The molecule has 0 radical (unpaired) electrons. The minimum Gasteiger partial charge on any atom is -0.482 e. The van der Waals surface area contributed by atoms with Crippen LogP contribution in [0.15, 0.2) is 17.0 Å². The van der Waals surface area contributed by atoms with Gasteiger partial charge in [0.2, 0.25) is 15.9 Å². The highest BCUT2D eigenvalue weighted by atomic mass is 35.5. The van der Waals surface area contributed by atoms with Gasteiger partial charge in [-0.05, 0) is 31.7 Å². The summed E-state index contributed by atoms with van der Waals surface area (Å²) in [5.74, 6) is -0.232. The highest BCUT2D eigenvalue weighted by molar-refractivity contribution is 7.89. The lowest BCUT2D eigenvalue weighted by atomic mass is 9.94. The number of anilines is 1. The zero-order valence-electron chi connectivity index (χ0n) is 16.9. The molecule has 1 atom stereocenters. The van der Waals surface area contributed by atoms with Gasteiger partial charge in [-0.15, -0.1) is 0 Å². The van der Waals surface area contributed by atoms with Crippen LogP contribution in [0.4, 0.5) is 5.69 Å². The normalized spacial score (nSPS) is 22.9. The van der Waals surface area contributed by atoms with E-state index in [9.17, 15) is 18.0 Å². The number of carbonyl (C=O) groups is 2. The topological polar surface area (TPSA) is 96.0 Å². The van der Waals surface area contributed by atoms with Crippen molar-refractivity contribution >= 4 is 39.1 Å². The molecular formula is C20H26ClN3O5S. The Kier molecular flexibility index (Phi) is 5.96. The maximum absolute atomic E-state index is 13.4. The van der Waals surface area contributed by atoms with Gasteiger partial charge in [0.15, 0.2) is 6.61 Å². The summed E-state index contributed by atoms with van der Waals surface area (Å²) in [4.78, 5) is 26.3. The summed E-state index contributed by atoms with van der Waals surface area (Å²) in [6.07, 6.45) is 6.39. The molecule has 2 heterocycles. The van der Waals surface area contributed by atoms with E-state index in [4.69, 9.17) is 16.3 Å². The molecule has 1 aliphatic carbocycles. The van der Waals surface area contributed by atoms with Gasteiger partial charge in [0, 0.05) is 25.7 Å². The zero-order valence-corrected chi connectivity index (χ0v) is 18.5. The summed E-state index contributed by atoms with van der Waals surface area (Å²) in [5, 5.41) is 2.59. The lowest BCUT2D eigenvalue weighted by molar-refractivity contribution is -0.136. The van der Waals surface area contributed by atoms with Crippen LogP contribution in [0.2, 0.25) is 5.02 Å². The number of sulfonamides is 1. The van der Waals surface area contributed by atoms with Crippen molar-refractivity contribution in [3.8, 4) is 5.75 Å². The molecule has 2 amide bonds. The van der Waals surface area contributed by atoms with E-state index in [2.05, 4.69) is 5.32 Å². The van der Waals surface area contributed by atoms with E-state index in [-0.39, 0.29) is 46.7 Å². The zero-order chi connectivity index (χ0) is 21.5. The number of hydrogen-bond acceptors (Lipinski definition) is 5. The molecule has 2 aliphatic heterocycles. The van der Waals surface area contributed by atoms with Crippen LogP contribution in [0.3, 0.4) is 0 Å². The van der Waals surface area contributed by atoms with Crippen LogP contribution in [0.25, 0.3) is 0 Å². The third kappa shape index (κ3) is 3.90. The average Bonchev–Trinajstić information content (AvgIpc) is 3.23. The Labute approximate surface area is 181 Å². The third-order valence-electron chi connectivity index (χ3n) is 6.21. The summed E-state index contributed by atoms with van der Waals surface area (Å²) in [7, 11) is -2.23. The predicted molar refractivity (Wildman–Crippen MR) is 112 cm³/mol. The van der Waals surface area contributed by atoms with Gasteiger partial charge in [-0.3, -0.25) is 9.59 Å². The second-order valence-corrected chi connectivity index (χ2v) is 10.4. The summed E-state index contributed by atoms with van der Waals surface area (Å²) >= 11 is 6.28. The number of hydrogen-bond donors (Lipinski definition) is 1. The van der Waals surface area contributed by atoms with Crippen molar-refractivity contribution in [1.29, 1.82) is 0 Å². The van der Waals surface area contributed by atoms with Gasteiger partial charge in [0.05, 0.1) is 10.7 Å². The molecule has 1 aromatic carbocycles. The first kappa shape index (κ1) is 21.4. The van der Waals surface area contributed by atoms with E-state index >= 15 is 0 Å². The van der Waals surface area contributed by atoms with E-state index in [1.54, 1.807) is 11.9 Å². The van der Waals surface area contributed by atoms with Crippen LogP contribution in [0.1, 0.15) is 44.9 Å². The monoisotopic (exact) mass is 455 g/mol. The average molecular weight is 456 g/mol. The first-order valence-corrected chi connectivity index (χ1v) is 12.2. The molecule has 3 aliphatic rings. The molecule has 0 spiro atoms. The fourth-order valence-electron chi connectivity index (χ4n) is 4.56. The Morgan fingerprint density at radius 2 is 1.93 bits per heavy atom. The Balaban J connectivity index is 1.60. The van der Waals surface area contributed by atoms with Crippen LogP contribution in [0.5, 0.6) is 5.75 Å². The van der Waals surface area contributed by atoms with Crippen LogP contribution < -0.4 is 10.1 Å². The van der Waals surface area contributed by atoms with Crippen molar-refractivity contribution in [2.45, 2.75) is 61.9 Å². The number of nitrogens with zero attached hydrogens (tertiary/aromatic N) is 2. The number of rotatable bonds is 4. The molecular weight excluding hydrogens is 430 g/mol. The molecule has 0 aromatic heterocycles. The summed E-state index contributed by atoms with van der Waals surface area (Å²) in [5.41, 5.74) is 0.335. The van der Waals surface area contributed by atoms with Crippen LogP contribution >= 0.6 is 11.6 Å². The summed E-state index contributed by atoms with van der Waals surface area (Å²) < 4.78 is 33.5. The fourth-order valence-corrected chi connectivity index (χ4v) is 6.73. The van der Waals surface area contributed by atoms with Crippen LogP contribution in [-0.4, -0.2) is 61.7 Å². The minimum absolute atomic E-state index is 0.0155. The second kappa shape index (κ2) is 8.36. The standard InChI is InChI=1S/C20H26ClN3O5S/c1-23(13-6-3-2-4-7-13)20(26)16-8-5-9-24(16)30(27,28)18-11-17-15(10-14(18)21)22-19(25)12-29-17/h10-11,13,16H,2-9,12H2,1H3,(H,22,25)/t16-/m1/s1. The SMILES string of the molecule is CN(C(=O)[C@H]1CCCN1S(=O)(=O)c1cc2c(cc1Cl)NC(=O)CO2)C1CCCCC1. The van der Waals surface area contributed by atoms with Gasteiger partial charge in [-0.25, -0.2) is 8.42 Å². The first-order chi connectivity index (χ1) is 14.3. The van der Waals surface area contributed by atoms with E-state index in [0.29, 0.717) is 18.5 Å². The van der Waals surface area contributed by atoms with Gasteiger partial charge < -0.3 is 15.0 Å². The Morgan fingerprint density at radius 1 is 1.20 bits per heavy atom. The number of ether oxygens (including phenoxy) is 1. The molecule has 1 saturated heterocycles. The van der Waals surface area contributed by atoms with Crippen molar-refractivity contribution in [2.24, 2.45) is 0 Å². The number of amides is 2. The molecule has 0 bridgehead atoms. The van der Waals surface area contributed by atoms with E-state index in [1.807, 2.05) is 0 Å². The predicted octanol–water partition coefficient (Wildman–Crippen LogP) is 2.62. The molecule has 164 valence electrons. The van der Waals surface area contributed by atoms with Gasteiger partial charge in [-0.1, -0.05) is 30.9 Å². The number of carbonyl (C=O) groups excluding carboxylic acids is 2. The van der Waals surface area contributed by atoms with Crippen molar-refractivity contribution in [3.05, 3.63) is 17.2 Å². The van der Waals surface area contributed by atoms with E-state index in [0.717, 1.165) is 25.7 Å². The Bertz CT molecular complexity index is 961. The largest absolute Gasteiger partial charge is 0.482 e. The molecule has 4 rings (SSSR count). The molecule has 1 aromatic rings. The van der Waals surface area contributed by atoms with Crippen molar-refractivity contribution in [1.82, 2.24) is 9.21 Å². The smallest absolute Gasteiger partial charge is 0.262 e. The van der Waals surface area contributed by atoms with Gasteiger partial charge in [0.25, 0.3) is 5.91 Å².